The topological polar surface area (TPSA) is 42.7 Å². The van der Waals surface area contributed by atoms with E-state index in [4.69, 9.17) is 0 Å². The summed E-state index contributed by atoms with van der Waals surface area (Å²) in [6.07, 6.45) is 3.90. The van der Waals surface area contributed by atoms with E-state index in [-0.39, 0.29) is 0 Å². The van der Waals surface area contributed by atoms with Crippen LogP contribution in [-0.2, 0) is 0 Å². The van der Waals surface area contributed by atoms with Gasteiger partial charge in [0.05, 0.1) is 23.1 Å². The summed E-state index contributed by atoms with van der Waals surface area (Å²) < 4.78 is 2.13. The number of rotatable bonds is 3. The molecule has 0 saturated heterocycles. The Kier molecular flexibility index (Phi) is 3.14. The predicted octanol–water partition coefficient (Wildman–Crippen LogP) is 4.06. The molecule has 0 saturated carbocycles. The molecule has 3 aromatic rings. The predicted molar refractivity (Wildman–Crippen MR) is 82.4 cm³/mol. The van der Waals surface area contributed by atoms with Gasteiger partial charge in [-0.3, -0.25) is 4.98 Å². The fourth-order valence-electron chi connectivity index (χ4n) is 2.27. The van der Waals surface area contributed by atoms with Gasteiger partial charge in [-0.2, -0.15) is 0 Å². The van der Waals surface area contributed by atoms with Crippen LogP contribution in [0.1, 0.15) is 25.6 Å². The Morgan fingerprint density at radius 3 is 2.80 bits per heavy atom. The highest BCUT2D eigenvalue weighted by atomic mass is 15.2. The number of imidazole rings is 1. The fraction of sp³-hybridized carbons (Fsp3) is 0.250. The first-order valence-electron chi connectivity index (χ1n) is 6.81. The summed E-state index contributed by atoms with van der Waals surface area (Å²) in [6, 6.07) is 10.6. The van der Waals surface area contributed by atoms with Crippen LogP contribution < -0.4 is 5.32 Å². The molecule has 2 aromatic heterocycles. The number of nitrogens with one attached hydrogen (secondary N) is 1. The summed E-state index contributed by atoms with van der Waals surface area (Å²) in [5.41, 5.74) is 2.97. The van der Waals surface area contributed by atoms with E-state index in [9.17, 15) is 0 Å². The molecule has 3 rings (SSSR count). The Morgan fingerprint density at radius 1 is 1.20 bits per heavy atom. The number of pyridine rings is 1. The lowest BCUT2D eigenvalue weighted by molar-refractivity contribution is 0.607. The second-order valence-electron chi connectivity index (χ2n) is 5.25. The summed E-state index contributed by atoms with van der Waals surface area (Å²) >= 11 is 0. The Labute approximate surface area is 118 Å². The molecule has 0 fully saturated rings. The molecule has 0 aliphatic heterocycles. The van der Waals surface area contributed by atoms with Gasteiger partial charge in [-0.05, 0) is 32.9 Å². The molecule has 102 valence electrons. The van der Waals surface area contributed by atoms with Gasteiger partial charge in [0.25, 0.3) is 0 Å². The molecule has 20 heavy (non-hydrogen) atoms. The first kappa shape index (κ1) is 12.7. The molecule has 0 unspecified atom stereocenters. The van der Waals surface area contributed by atoms with Crippen molar-refractivity contribution < 1.29 is 0 Å². The van der Waals surface area contributed by atoms with Crippen LogP contribution in [0.4, 0.5) is 11.6 Å². The van der Waals surface area contributed by atoms with Crippen LogP contribution in [0.5, 0.6) is 0 Å². The number of hydrogen-bond donors (Lipinski definition) is 1. The summed E-state index contributed by atoms with van der Waals surface area (Å²) in [5.74, 6) is 0.856. The van der Waals surface area contributed by atoms with E-state index >= 15 is 0 Å². The number of para-hydroxylation sites is 1. The number of hydrogen-bond acceptors (Lipinski definition) is 3. The number of aryl methyl sites for hydroxylation is 1. The summed E-state index contributed by atoms with van der Waals surface area (Å²) in [5, 5.41) is 4.48. The average molecular weight is 266 g/mol. The highest BCUT2D eigenvalue weighted by Crippen LogP contribution is 2.22. The van der Waals surface area contributed by atoms with Crippen molar-refractivity contribution in [1.29, 1.82) is 0 Å². The molecule has 0 bridgehead atoms. The second-order valence-corrected chi connectivity index (χ2v) is 5.25. The summed E-state index contributed by atoms with van der Waals surface area (Å²) in [6.45, 7) is 6.29. The van der Waals surface area contributed by atoms with E-state index in [1.165, 1.54) is 0 Å². The minimum absolute atomic E-state index is 0.368. The SMILES string of the molecule is Cc1cn(C(C)C)c(Nc2cnc3ccccc3c2)n1. The normalized spacial score (nSPS) is 11.2. The summed E-state index contributed by atoms with van der Waals surface area (Å²) in [7, 11) is 0. The van der Waals surface area contributed by atoms with E-state index in [0.29, 0.717) is 6.04 Å². The van der Waals surface area contributed by atoms with Crippen molar-refractivity contribution in [3.8, 4) is 0 Å². The third kappa shape index (κ3) is 2.37. The molecular weight excluding hydrogens is 248 g/mol. The van der Waals surface area contributed by atoms with Crippen molar-refractivity contribution in [2.24, 2.45) is 0 Å². The van der Waals surface area contributed by atoms with Crippen LogP contribution in [0, 0.1) is 6.92 Å². The molecule has 4 nitrogen and oxygen atoms in total. The molecule has 0 aliphatic rings. The Morgan fingerprint density at radius 2 is 2.00 bits per heavy atom. The number of aromatic nitrogens is 3. The van der Waals surface area contributed by atoms with Crippen molar-refractivity contribution in [3.05, 3.63) is 48.4 Å². The van der Waals surface area contributed by atoms with Crippen molar-refractivity contribution in [3.63, 3.8) is 0 Å². The Balaban J connectivity index is 1.96. The largest absolute Gasteiger partial charge is 0.324 e. The first-order chi connectivity index (χ1) is 9.63. The molecule has 2 heterocycles. The van der Waals surface area contributed by atoms with Gasteiger partial charge in [0.1, 0.15) is 0 Å². The molecule has 0 atom stereocenters. The Hall–Kier alpha value is -2.36. The lowest BCUT2D eigenvalue weighted by atomic mass is 10.2. The van der Waals surface area contributed by atoms with Crippen LogP contribution in [0.15, 0.2) is 42.7 Å². The average Bonchev–Trinajstić information content (AvgIpc) is 2.80. The zero-order chi connectivity index (χ0) is 14.1. The van der Waals surface area contributed by atoms with Gasteiger partial charge < -0.3 is 9.88 Å². The van der Waals surface area contributed by atoms with Crippen LogP contribution in [0.2, 0.25) is 0 Å². The molecule has 1 N–H and O–H groups in total. The van der Waals surface area contributed by atoms with Crippen molar-refractivity contribution in [2.75, 3.05) is 5.32 Å². The quantitative estimate of drug-likeness (QED) is 0.777. The standard InChI is InChI=1S/C16H18N4/c1-11(2)20-10-12(3)18-16(20)19-14-8-13-6-4-5-7-15(13)17-9-14/h4-11H,1-3H3,(H,18,19). The smallest absolute Gasteiger partial charge is 0.207 e. The number of anilines is 2. The van der Waals surface area contributed by atoms with E-state index in [0.717, 1.165) is 28.2 Å². The first-order valence-corrected chi connectivity index (χ1v) is 6.81. The van der Waals surface area contributed by atoms with Gasteiger partial charge in [0.2, 0.25) is 5.95 Å². The maximum atomic E-state index is 4.53. The van der Waals surface area contributed by atoms with Gasteiger partial charge >= 0.3 is 0 Å². The zero-order valence-electron chi connectivity index (χ0n) is 12.0. The summed E-state index contributed by atoms with van der Waals surface area (Å²) in [4.78, 5) is 8.99. The molecular formula is C16H18N4. The van der Waals surface area contributed by atoms with Crippen molar-refractivity contribution in [1.82, 2.24) is 14.5 Å². The lowest BCUT2D eigenvalue weighted by Crippen LogP contribution is -2.05. The second kappa shape index (κ2) is 4.96. The van der Waals surface area contributed by atoms with Crippen LogP contribution in [0.25, 0.3) is 10.9 Å². The number of fused-ring (bicyclic) bond motifs is 1. The molecule has 0 aliphatic carbocycles. The third-order valence-electron chi connectivity index (χ3n) is 3.26. The van der Waals surface area contributed by atoms with Gasteiger partial charge in [-0.15, -0.1) is 0 Å². The molecule has 4 heteroatoms. The van der Waals surface area contributed by atoms with Crippen LogP contribution >= 0.6 is 0 Å². The maximum Gasteiger partial charge on any atom is 0.207 e. The molecule has 1 aromatic carbocycles. The molecule has 0 amide bonds. The van der Waals surface area contributed by atoms with Gasteiger partial charge in [-0.1, -0.05) is 18.2 Å². The third-order valence-corrected chi connectivity index (χ3v) is 3.26. The van der Waals surface area contributed by atoms with Crippen LogP contribution in [0.3, 0.4) is 0 Å². The highest BCUT2D eigenvalue weighted by molar-refractivity contribution is 5.82. The van der Waals surface area contributed by atoms with Gasteiger partial charge in [0, 0.05) is 17.6 Å². The van der Waals surface area contributed by atoms with E-state index in [1.54, 1.807) is 0 Å². The molecule has 0 spiro atoms. The molecule has 0 radical (unpaired) electrons. The minimum Gasteiger partial charge on any atom is -0.324 e. The van der Waals surface area contributed by atoms with Crippen molar-refractivity contribution in [2.45, 2.75) is 26.8 Å². The highest BCUT2D eigenvalue weighted by Gasteiger charge is 2.09. The lowest BCUT2D eigenvalue weighted by Gasteiger charge is -2.12. The van der Waals surface area contributed by atoms with Gasteiger partial charge in [0.15, 0.2) is 0 Å². The van der Waals surface area contributed by atoms with E-state index in [1.807, 2.05) is 31.3 Å². The fourth-order valence-corrected chi connectivity index (χ4v) is 2.27. The zero-order valence-corrected chi connectivity index (χ0v) is 12.0. The van der Waals surface area contributed by atoms with Gasteiger partial charge in [-0.25, -0.2) is 4.98 Å². The van der Waals surface area contributed by atoms with E-state index in [2.05, 4.69) is 52.0 Å². The number of benzene rings is 1. The Bertz CT molecular complexity index is 743. The maximum absolute atomic E-state index is 4.53. The van der Waals surface area contributed by atoms with Crippen molar-refractivity contribution >= 4 is 22.5 Å². The minimum atomic E-state index is 0.368. The number of nitrogens with zero attached hydrogens (tertiary/aromatic N) is 3. The van der Waals surface area contributed by atoms with Crippen LogP contribution in [-0.4, -0.2) is 14.5 Å². The monoisotopic (exact) mass is 266 g/mol. The van der Waals surface area contributed by atoms with E-state index < -0.39 is 0 Å².